The normalized spacial score (nSPS) is 12.1. The number of hydrogen-bond acceptors (Lipinski definition) is 5. The number of hydrogen-bond donors (Lipinski definition) is 2. The molecule has 19 heavy (non-hydrogen) atoms. The first kappa shape index (κ1) is 13.2. The second-order valence-electron chi connectivity index (χ2n) is 4.22. The molecule has 0 aliphatic heterocycles. The van der Waals surface area contributed by atoms with Crippen molar-refractivity contribution in [1.82, 2.24) is 10.1 Å². The van der Waals surface area contributed by atoms with Gasteiger partial charge in [-0.1, -0.05) is 18.5 Å². The van der Waals surface area contributed by atoms with Gasteiger partial charge in [-0.25, -0.2) is 0 Å². The molecule has 0 aliphatic rings. The SMILES string of the molecule is CCCC(N)C(=O)Nc1ccc(-c2ncon2)cc1. The number of amides is 1. The van der Waals surface area contributed by atoms with Crippen LogP contribution in [0.25, 0.3) is 11.4 Å². The molecular weight excluding hydrogens is 244 g/mol. The molecule has 1 aromatic carbocycles. The molecule has 6 nitrogen and oxygen atoms in total. The highest BCUT2D eigenvalue weighted by molar-refractivity contribution is 5.94. The first-order valence-corrected chi connectivity index (χ1v) is 6.14. The number of nitrogens with two attached hydrogens (primary N) is 1. The summed E-state index contributed by atoms with van der Waals surface area (Å²) in [5, 5.41) is 6.51. The van der Waals surface area contributed by atoms with E-state index in [1.807, 2.05) is 19.1 Å². The van der Waals surface area contributed by atoms with E-state index < -0.39 is 6.04 Å². The molecule has 2 aromatic rings. The van der Waals surface area contributed by atoms with E-state index in [1.165, 1.54) is 6.39 Å². The summed E-state index contributed by atoms with van der Waals surface area (Å²) in [6.07, 6.45) is 2.83. The van der Waals surface area contributed by atoms with Crippen LogP contribution >= 0.6 is 0 Å². The molecule has 0 saturated heterocycles. The maximum Gasteiger partial charge on any atom is 0.241 e. The maximum atomic E-state index is 11.7. The summed E-state index contributed by atoms with van der Waals surface area (Å²) in [7, 11) is 0. The minimum absolute atomic E-state index is 0.172. The summed E-state index contributed by atoms with van der Waals surface area (Å²) in [5.74, 6) is 0.342. The number of carbonyl (C=O) groups excluding carboxylic acids is 1. The van der Waals surface area contributed by atoms with Crippen LogP contribution in [0.4, 0.5) is 5.69 Å². The van der Waals surface area contributed by atoms with Gasteiger partial charge in [0.15, 0.2) is 0 Å². The van der Waals surface area contributed by atoms with E-state index in [4.69, 9.17) is 5.73 Å². The largest absolute Gasteiger partial charge is 0.342 e. The van der Waals surface area contributed by atoms with Gasteiger partial charge in [-0.3, -0.25) is 4.79 Å². The van der Waals surface area contributed by atoms with Crippen molar-refractivity contribution in [3.05, 3.63) is 30.7 Å². The third-order valence-corrected chi connectivity index (χ3v) is 2.71. The number of nitrogens with one attached hydrogen (secondary N) is 1. The molecule has 1 unspecified atom stereocenters. The second kappa shape index (κ2) is 6.10. The smallest absolute Gasteiger partial charge is 0.241 e. The standard InChI is InChI=1S/C13H16N4O2/c1-2-3-11(14)13(18)16-10-6-4-9(5-7-10)12-15-8-19-17-12/h4-8,11H,2-3,14H2,1H3,(H,16,18). The quantitative estimate of drug-likeness (QED) is 0.854. The summed E-state index contributed by atoms with van der Waals surface area (Å²) in [4.78, 5) is 15.7. The molecular formula is C13H16N4O2. The lowest BCUT2D eigenvalue weighted by Gasteiger charge is -2.11. The fourth-order valence-electron chi connectivity index (χ4n) is 1.68. The molecule has 0 spiro atoms. The number of nitrogens with zero attached hydrogens (tertiary/aromatic N) is 2. The van der Waals surface area contributed by atoms with Crippen molar-refractivity contribution in [3.8, 4) is 11.4 Å². The van der Waals surface area contributed by atoms with Crippen LogP contribution in [0.5, 0.6) is 0 Å². The van der Waals surface area contributed by atoms with Crippen molar-refractivity contribution < 1.29 is 9.32 Å². The minimum Gasteiger partial charge on any atom is -0.342 e. The Morgan fingerprint density at radius 3 is 2.74 bits per heavy atom. The number of aromatic nitrogens is 2. The lowest BCUT2D eigenvalue weighted by atomic mass is 10.1. The summed E-state index contributed by atoms with van der Waals surface area (Å²) in [6.45, 7) is 1.99. The number of benzene rings is 1. The fraction of sp³-hybridized carbons (Fsp3) is 0.308. The van der Waals surface area contributed by atoms with E-state index in [2.05, 4.69) is 20.0 Å². The molecule has 3 N–H and O–H groups in total. The van der Waals surface area contributed by atoms with Crippen molar-refractivity contribution in [2.45, 2.75) is 25.8 Å². The van der Waals surface area contributed by atoms with Gasteiger partial charge in [0.05, 0.1) is 6.04 Å². The van der Waals surface area contributed by atoms with Crippen LogP contribution in [0.15, 0.2) is 35.2 Å². The lowest BCUT2D eigenvalue weighted by molar-refractivity contribution is -0.117. The molecule has 1 atom stereocenters. The van der Waals surface area contributed by atoms with E-state index >= 15 is 0 Å². The second-order valence-corrected chi connectivity index (χ2v) is 4.22. The van der Waals surface area contributed by atoms with Crippen LogP contribution in [-0.4, -0.2) is 22.1 Å². The topological polar surface area (TPSA) is 94.0 Å². The summed E-state index contributed by atoms with van der Waals surface area (Å²) in [5.41, 5.74) is 7.26. The van der Waals surface area contributed by atoms with Gasteiger partial charge in [0, 0.05) is 11.3 Å². The van der Waals surface area contributed by atoms with Gasteiger partial charge in [-0.15, -0.1) is 0 Å². The number of carbonyl (C=O) groups is 1. The maximum absolute atomic E-state index is 11.7. The van der Waals surface area contributed by atoms with E-state index in [1.54, 1.807) is 12.1 Å². The molecule has 0 radical (unpaired) electrons. The molecule has 1 aromatic heterocycles. The molecule has 6 heteroatoms. The lowest BCUT2D eigenvalue weighted by Crippen LogP contribution is -2.35. The van der Waals surface area contributed by atoms with Gasteiger partial charge in [0.25, 0.3) is 0 Å². The van der Waals surface area contributed by atoms with Crippen molar-refractivity contribution >= 4 is 11.6 Å². The third-order valence-electron chi connectivity index (χ3n) is 2.71. The van der Waals surface area contributed by atoms with E-state index in [0.29, 0.717) is 17.9 Å². The van der Waals surface area contributed by atoms with Crippen molar-refractivity contribution in [1.29, 1.82) is 0 Å². The third kappa shape index (κ3) is 3.38. The molecule has 0 fully saturated rings. The molecule has 0 bridgehead atoms. The van der Waals surface area contributed by atoms with E-state index in [0.717, 1.165) is 12.0 Å². The fourth-order valence-corrected chi connectivity index (χ4v) is 1.68. The van der Waals surface area contributed by atoms with Gasteiger partial charge in [0.1, 0.15) is 0 Å². The van der Waals surface area contributed by atoms with Crippen molar-refractivity contribution in [3.63, 3.8) is 0 Å². The van der Waals surface area contributed by atoms with Crippen molar-refractivity contribution in [2.75, 3.05) is 5.32 Å². The molecule has 1 heterocycles. The molecule has 0 saturated carbocycles. The van der Waals surface area contributed by atoms with Crippen LogP contribution in [0.3, 0.4) is 0 Å². The Balaban J connectivity index is 2.01. The zero-order chi connectivity index (χ0) is 13.7. The molecule has 1 amide bonds. The van der Waals surface area contributed by atoms with E-state index in [9.17, 15) is 4.79 Å². The summed E-state index contributed by atoms with van der Waals surface area (Å²) in [6, 6.07) is 6.71. The molecule has 0 aliphatic carbocycles. The van der Waals surface area contributed by atoms with Crippen LogP contribution in [0, 0.1) is 0 Å². The van der Waals surface area contributed by atoms with Gasteiger partial charge >= 0.3 is 0 Å². The van der Waals surface area contributed by atoms with Gasteiger partial charge < -0.3 is 15.6 Å². The predicted octanol–water partition coefficient (Wildman–Crippen LogP) is 1.80. The highest BCUT2D eigenvalue weighted by atomic mass is 16.5. The minimum atomic E-state index is -0.470. The Bertz CT molecular complexity index is 522. The van der Waals surface area contributed by atoms with Crippen LogP contribution in [-0.2, 0) is 4.79 Å². The molecule has 100 valence electrons. The highest BCUT2D eigenvalue weighted by Gasteiger charge is 2.12. The Morgan fingerprint density at radius 1 is 1.42 bits per heavy atom. The Hall–Kier alpha value is -2.21. The predicted molar refractivity (Wildman–Crippen MR) is 71.2 cm³/mol. The number of rotatable bonds is 5. The van der Waals surface area contributed by atoms with E-state index in [-0.39, 0.29) is 5.91 Å². The zero-order valence-corrected chi connectivity index (χ0v) is 10.7. The van der Waals surface area contributed by atoms with Crippen LogP contribution in [0.2, 0.25) is 0 Å². The van der Waals surface area contributed by atoms with Gasteiger partial charge in [-0.05, 0) is 30.7 Å². The average molecular weight is 260 g/mol. The monoisotopic (exact) mass is 260 g/mol. The first-order valence-electron chi connectivity index (χ1n) is 6.14. The van der Waals surface area contributed by atoms with Gasteiger partial charge in [0.2, 0.25) is 18.1 Å². The van der Waals surface area contributed by atoms with Crippen molar-refractivity contribution in [2.24, 2.45) is 5.73 Å². The number of anilines is 1. The summed E-state index contributed by atoms with van der Waals surface area (Å²) >= 11 is 0. The van der Waals surface area contributed by atoms with Crippen LogP contribution in [0.1, 0.15) is 19.8 Å². The Morgan fingerprint density at radius 2 is 2.16 bits per heavy atom. The molecule has 2 rings (SSSR count). The summed E-state index contributed by atoms with van der Waals surface area (Å²) < 4.78 is 4.67. The Kier molecular flexibility index (Phi) is 4.25. The van der Waals surface area contributed by atoms with Crippen LogP contribution < -0.4 is 11.1 Å². The first-order chi connectivity index (χ1) is 9.20. The Labute approximate surface area is 111 Å². The highest BCUT2D eigenvalue weighted by Crippen LogP contribution is 2.17. The zero-order valence-electron chi connectivity index (χ0n) is 10.7. The van der Waals surface area contributed by atoms with Gasteiger partial charge in [-0.2, -0.15) is 4.98 Å². The average Bonchev–Trinajstić information content (AvgIpc) is 2.94.